The van der Waals surface area contributed by atoms with Crippen molar-refractivity contribution in [1.29, 1.82) is 5.26 Å². The highest BCUT2D eigenvalue weighted by Gasteiger charge is 2.40. The van der Waals surface area contributed by atoms with E-state index < -0.39 is 5.97 Å². The number of nitriles is 1. The quantitative estimate of drug-likeness (QED) is 0.730. The molecule has 1 N–H and O–H groups in total. The van der Waals surface area contributed by atoms with E-state index >= 15 is 0 Å². The molecule has 0 aromatic heterocycles. The second-order valence-corrected chi connectivity index (χ2v) is 7.51. The number of fused-ring (bicyclic) bond motifs is 2. The van der Waals surface area contributed by atoms with Crippen molar-refractivity contribution in [2.45, 2.75) is 77.3 Å². The zero-order chi connectivity index (χ0) is 15.5. The third-order valence-corrected chi connectivity index (χ3v) is 5.22. The van der Waals surface area contributed by atoms with E-state index in [1.807, 2.05) is 13.8 Å². The van der Waals surface area contributed by atoms with Crippen molar-refractivity contribution in [2.24, 2.45) is 11.3 Å². The van der Waals surface area contributed by atoms with Crippen LogP contribution in [0.2, 0.25) is 0 Å². The Balaban J connectivity index is 1.74. The number of hydrogen-bond donors (Lipinski definition) is 1. The van der Waals surface area contributed by atoms with E-state index in [1.165, 1.54) is 12.8 Å². The maximum absolute atomic E-state index is 10.9. The normalized spacial score (nSPS) is 29.3. The molecule has 0 aliphatic carbocycles. The lowest BCUT2D eigenvalue weighted by Gasteiger charge is -2.38. The molecule has 0 saturated carbocycles. The average molecular weight is 292 g/mol. The van der Waals surface area contributed by atoms with Crippen LogP contribution in [-0.2, 0) is 4.79 Å². The minimum absolute atomic E-state index is 0.201. The number of unbranched alkanes of at least 4 members (excludes halogenated alkanes) is 1. The van der Waals surface area contributed by atoms with Crippen LogP contribution in [0.3, 0.4) is 0 Å². The van der Waals surface area contributed by atoms with Crippen LogP contribution in [-0.4, -0.2) is 34.6 Å². The van der Waals surface area contributed by atoms with Crippen LogP contribution in [0.4, 0.5) is 0 Å². The topological polar surface area (TPSA) is 64.3 Å². The first-order valence-corrected chi connectivity index (χ1v) is 8.30. The van der Waals surface area contributed by atoms with Crippen LogP contribution >= 0.6 is 0 Å². The molecular weight excluding hydrogens is 264 g/mol. The molecular formula is C17H28N2O2. The lowest BCUT2D eigenvalue weighted by molar-refractivity contribution is -0.138. The Bertz CT molecular complexity index is 400. The van der Waals surface area contributed by atoms with Crippen LogP contribution in [0.1, 0.15) is 65.2 Å². The number of aliphatic carboxylic acids is 1. The number of carboxylic acid groups (broad SMARTS) is 1. The zero-order valence-electron chi connectivity index (χ0n) is 13.3. The molecule has 118 valence electrons. The van der Waals surface area contributed by atoms with Crippen molar-refractivity contribution in [3.63, 3.8) is 0 Å². The minimum atomic E-state index is -0.647. The van der Waals surface area contributed by atoms with Crippen molar-refractivity contribution in [3.8, 4) is 6.07 Å². The minimum Gasteiger partial charge on any atom is -0.481 e. The Morgan fingerprint density at radius 2 is 1.90 bits per heavy atom. The smallest absolute Gasteiger partial charge is 0.303 e. The summed E-state index contributed by atoms with van der Waals surface area (Å²) in [5.41, 5.74) is -0.201. The number of carboxylic acids is 1. The SMILES string of the molecule is CC(C)(C#N)CCCCN1C2CCC1CC(CC(=O)O)C2. The Morgan fingerprint density at radius 1 is 1.29 bits per heavy atom. The molecule has 4 nitrogen and oxygen atoms in total. The monoisotopic (exact) mass is 292 g/mol. The van der Waals surface area contributed by atoms with Gasteiger partial charge in [0.05, 0.1) is 11.5 Å². The van der Waals surface area contributed by atoms with Gasteiger partial charge >= 0.3 is 5.97 Å². The molecule has 2 heterocycles. The van der Waals surface area contributed by atoms with Crippen molar-refractivity contribution in [2.75, 3.05) is 6.54 Å². The van der Waals surface area contributed by atoms with Crippen LogP contribution in [0, 0.1) is 22.7 Å². The maximum Gasteiger partial charge on any atom is 0.303 e. The summed E-state index contributed by atoms with van der Waals surface area (Å²) in [6, 6.07) is 3.58. The maximum atomic E-state index is 10.9. The molecule has 0 aromatic carbocycles. The molecule has 0 amide bonds. The van der Waals surface area contributed by atoms with Crippen molar-refractivity contribution in [1.82, 2.24) is 4.90 Å². The predicted octanol–water partition coefficient (Wildman–Crippen LogP) is 3.42. The first-order chi connectivity index (χ1) is 9.91. The van der Waals surface area contributed by atoms with Gasteiger partial charge in [-0.25, -0.2) is 0 Å². The van der Waals surface area contributed by atoms with Crippen LogP contribution in [0.5, 0.6) is 0 Å². The van der Waals surface area contributed by atoms with Gasteiger partial charge in [0.1, 0.15) is 0 Å². The molecule has 2 fully saturated rings. The molecule has 2 aliphatic rings. The summed E-state index contributed by atoms with van der Waals surface area (Å²) in [5.74, 6) is -0.264. The number of carbonyl (C=O) groups is 1. The van der Waals surface area contributed by atoms with Gasteiger partial charge in [0.15, 0.2) is 0 Å². The van der Waals surface area contributed by atoms with E-state index in [1.54, 1.807) is 0 Å². The summed E-state index contributed by atoms with van der Waals surface area (Å²) in [4.78, 5) is 13.5. The highest BCUT2D eigenvalue weighted by molar-refractivity contribution is 5.67. The van der Waals surface area contributed by atoms with Crippen LogP contribution < -0.4 is 0 Å². The predicted molar refractivity (Wildman–Crippen MR) is 81.7 cm³/mol. The molecule has 4 heteroatoms. The van der Waals surface area contributed by atoms with Gasteiger partial charge in [0, 0.05) is 18.5 Å². The lowest BCUT2D eigenvalue weighted by Crippen LogP contribution is -2.43. The van der Waals surface area contributed by atoms with Gasteiger partial charge in [-0.2, -0.15) is 5.26 Å². The van der Waals surface area contributed by atoms with Crippen molar-refractivity contribution < 1.29 is 9.90 Å². The van der Waals surface area contributed by atoms with Crippen LogP contribution in [0.15, 0.2) is 0 Å². The van der Waals surface area contributed by atoms with E-state index in [0.29, 0.717) is 24.4 Å². The van der Waals surface area contributed by atoms with E-state index in [0.717, 1.165) is 38.6 Å². The van der Waals surface area contributed by atoms with E-state index in [9.17, 15) is 4.79 Å². The third kappa shape index (κ3) is 4.44. The lowest BCUT2D eigenvalue weighted by atomic mass is 9.87. The molecule has 2 unspecified atom stereocenters. The summed E-state index contributed by atoms with van der Waals surface area (Å²) in [7, 11) is 0. The highest BCUT2D eigenvalue weighted by atomic mass is 16.4. The fourth-order valence-electron chi connectivity index (χ4n) is 4.08. The second-order valence-electron chi connectivity index (χ2n) is 7.51. The Morgan fingerprint density at radius 3 is 2.43 bits per heavy atom. The van der Waals surface area contributed by atoms with Gasteiger partial charge < -0.3 is 5.11 Å². The molecule has 2 aliphatic heterocycles. The van der Waals surface area contributed by atoms with Gasteiger partial charge in [-0.15, -0.1) is 0 Å². The molecule has 2 rings (SSSR count). The molecule has 0 aromatic rings. The second kappa shape index (κ2) is 6.79. The van der Waals surface area contributed by atoms with Gasteiger partial charge in [-0.3, -0.25) is 9.69 Å². The Labute approximate surface area is 128 Å². The molecule has 0 radical (unpaired) electrons. The zero-order valence-corrected chi connectivity index (χ0v) is 13.3. The van der Waals surface area contributed by atoms with Gasteiger partial charge in [-0.1, -0.05) is 6.42 Å². The molecule has 2 atom stereocenters. The van der Waals surface area contributed by atoms with Gasteiger partial charge in [0.2, 0.25) is 0 Å². The first-order valence-electron chi connectivity index (χ1n) is 8.30. The number of hydrogen-bond acceptors (Lipinski definition) is 3. The Hall–Kier alpha value is -1.08. The Kier molecular flexibility index (Phi) is 5.27. The number of rotatable bonds is 7. The molecule has 2 saturated heterocycles. The summed E-state index contributed by atoms with van der Waals surface area (Å²) in [6.45, 7) is 5.14. The molecule has 0 spiro atoms. The third-order valence-electron chi connectivity index (χ3n) is 5.22. The fourth-order valence-corrected chi connectivity index (χ4v) is 4.08. The number of piperidine rings is 1. The molecule has 2 bridgehead atoms. The van der Waals surface area contributed by atoms with E-state index in [4.69, 9.17) is 10.4 Å². The molecule has 21 heavy (non-hydrogen) atoms. The largest absolute Gasteiger partial charge is 0.481 e. The summed E-state index contributed by atoms with van der Waals surface area (Å²) in [6.07, 6.45) is 8.18. The first kappa shape index (κ1) is 16.3. The van der Waals surface area contributed by atoms with Crippen molar-refractivity contribution >= 4 is 5.97 Å². The summed E-state index contributed by atoms with van der Waals surface area (Å²) in [5, 5.41) is 18.0. The standard InChI is InChI=1S/C17H28N2O2/c1-17(2,12-18)7-3-4-8-19-14-5-6-15(19)10-13(9-14)11-16(20)21/h13-15H,3-11H2,1-2H3,(H,20,21). The van der Waals surface area contributed by atoms with E-state index in [2.05, 4.69) is 11.0 Å². The van der Waals surface area contributed by atoms with Crippen LogP contribution in [0.25, 0.3) is 0 Å². The van der Waals surface area contributed by atoms with Gasteiger partial charge in [-0.05, 0) is 64.8 Å². The van der Waals surface area contributed by atoms with E-state index in [-0.39, 0.29) is 5.41 Å². The summed E-state index contributed by atoms with van der Waals surface area (Å²) >= 11 is 0. The van der Waals surface area contributed by atoms with Crippen molar-refractivity contribution in [3.05, 3.63) is 0 Å². The van der Waals surface area contributed by atoms with Gasteiger partial charge in [0.25, 0.3) is 0 Å². The highest BCUT2D eigenvalue weighted by Crippen LogP contribution is 2.40. The fraction of sp³-hybridized carbons (Fsp3) is 0.882. The summed E-state index contributed by atoms with van der Waals surface area (Å²) < 4.78 is 0. The average Bonchev–Trinajstić information content (AvgIpc) is 2.65. The number of nitrogens with zero attached hydrogens (tertiary/aromatic N) is 2.